The molecule has 0 saturated carbocycles. The first-order valence-electron chi connectivity index (χ1n) is 19.9. The van der Waals surface area contributed by atoms with E-state index in [-0.39, 0.29) is 0 Å². The fraction of sp³-hybridized carbons (Fsp3) is 0. The molecule has 0 saturated heterocycles. The molecule has 0 aliphatic heterocycles. The van der Waals surface area contributed by atoms with Gasteiger partial charge in [0.1, 0.15) is 22.3 Å². The Morgan fingerprint density at radius 2 is 0.793 bits per heavy atom. The van der Waals surface area contributed by atoms with Gasteiger partial charge in [-0.25, -0.2) is 0 Å². The smallest absolute Gasteiger partial charge is 0.144 e. The highest BCUT2D eigenvalue weighted by Gasteiger charge is 2.22. The average molecular weight is 737 g/mol. The second-order valence-corrected chi connectivity index (χ2v) is 15.5. The molecule has 0 N–H and O–H groups in total. The van der Waals surface area contributed by atoms with Crippen molar-refractivity contribution < 1.29 is 8.83 Å². The summed E-state index contributed by atoms with van der Waals surface area (Å²) >= 11 is 0. The van der Waals surface area contributed by atoms with Crippen LogP contribution >= 0.6 is 0 Å². The van der Waals surface area contributed by atoms with Gasteiger partial charge < -0.3 is 8.83 Å². The molecule has 0 spiro atoms. The third-order valence-electron chi connectivity index (χ3n) is 12.4. The highest BCUT2D eigenvalue weighted by Crippen LogP contribution is 2.48. The molecule has 58 heavy (non-hydrogen) atoms. The molecule has 2 aromatic heterocycles. The van der Waals surface area contributed by atoms with Crippen LogP contribution in [0.2, 0.25) is 0 Å². The number of fused-ring (bicyclic) bond motifs is 11. The molecular weight excluding hydrogens is 705 g/mol. The van der Waals surface area contributed by atoms with E-state index in [1.54, 1.807) is 0 Å². The summed E-state index contributed by atoms with van der Waals surface area (Å²) in [6.45, 7) is 0. The van der Waals surface area contributed by atoms with Gasteiger partial charge in [-0.3, -0.25) is 0 Å². The Morgan fingerprint density at radius 3 is 1.50 bits per heavy atom. The molecule has 0 radical (unpaired) electrons. The van der Waals surface area contributed by atoms with Crippen LogP contribution in [0.1, 0.15) is 0 Å². The average Bonchev–Trinajstić information content (AvgIpc) is 3.83. The van der Waals surface area contributed by atoms with E-state index < -0.39 is 0 Å². The molecule has 0 fully saturated rings. The van der Waals surface area contributed by atoms with E-state index in [4.69, 9.17) is 8.83 Å². The number of benzene rings is 11. The van der Waals surface area contributed by atoms with Gasteiger partial charge in [0.25, 0.3) is 0 Å². The summed E-state index contributed by atoms with van der Waals surface area (Å²) < 4.78 is 13.4. The quantitative estimate of drug-likeness (QED) is 0.169. The van der Waals surface area contributed by atoms with Gasteiger partial charge in [-0.2, -0.15) is 0 Å². The first-order chi connectivity index (χ1) is 28.7. The van der Waals surface area contributed by atoms with E-state index >= 15 is 0 Å². The van der Waals surface area contributed by atoms with Gasteiger partial charge in [0.15, 0.2) is 0 Å². The summed E-state index contributed by atoms with van der Waals surface area (Å²) in [7, 11) is 0. The molecule has 13 rings (SSSR count). The second-order valence-electron chi connectivity index (χ2n) is 15.5. The van der Waals surface area contributed by atoms with Crippen molar-refractivity contribution in [1.82, 2.24) is 0 Å². The highest BCUT2D eigenvalue weighted by molar-refractivity contribution is 6.26. The Kier molecular flexibility index (Phi) is 6.47. The molecule has 0 unspecified atom stereocenters. The number of rotatable bonds is 3. The first-order valence-corrected chi connectivity index (χ1v) is 19.9. The standard InChI is InChI=1S/C56H32O2/c1-2-14-35-31-50-47(30-34(35)13-1)48-32-51-55(46-21-9-10-23-49(46)57-51)53(56(48)58-50)39-27-25-36-28-38(26-24-37(36)29-39)52-42-17-5-7-19-44(42)54(45-20-8-6-18-43(45)52)41-22-11-15-33-12-3-4-16-40(33)41/h1-32H. The van der Waals surface area contributed by atoms with Crippen molar-refractivity contribution in [2.45, 2.75) is 0 Å². The maximum Gasteiger partial charge on any atom is 0.144 e. The Bertz CT molecular complexity index is 3800. The van der Waals surface area contributed by atoms with E-state index in [1.165, 1.54) is 70.7 Å². The minimum atomic E-state index is 0.862. The van der Waals surface area contributed by atoms with Crippen molar-refractivity contribution in [2.75, 3.05) is 0 Å². The van der Waals surface area contributed by atoms with Gasteiger partial charge in [0.2, 0.25) is 0 Å². The predicted octanol–water partition coefficient (Wildman–Crippen LogP) is 16.3. The SMILES string of the molecule is c1ccc2cc3c(cc2c1)oc1c(-c2ccc4cc(-c5c6ccccc6c(-c6cccc7ccccc67)c6ccccc56)ccc4c2)c2c(cc13)oc1ccccc12. The zero-order valence-electron chi connectivity index (χ0n) is 31.3. The molecule has 0 bridgehead atoms. The number of furan rings is 2. The summed E-state index contributed by atoms with van der Waals surface area (Å²) in [5, 5.41) is 16.5. The Labute approximate surface area is 332 Å². The van der Waals surface area contributed by atoms with Crippen LogP contribution in [0.25, 0.3) is 131 Å². The lowest BCUT2D eigenvalue weighted by atomic mass is 9.84. The maximum absolute atomic E-state index is 6.87. The van der Waals surface area contributed by atoms with Gasteiger partial charge in [-0.1, -0.05) is 158 Å². The van der Waals surface area contributed by atoms with Crippen LogP contribution in [-0.4, -0.2) is 0 Å². The molecule has 268 valence electrons. The van der Waals surface area contributed by atoms with Gasteiger partial charge in [0.05, 0.1) is 0 Å². The van der Waals surface area contributed by atoms with Gasteiger partial charge >= 0.3 is 0 Å². The molecule has 13 aromatic rings. The lowest BCUT2D eigenvalue weighted by Gasteiger charge is -2.19. The third kappa shape index (κ3) is 4.48. The van der Waals surface area contributed by atoms with Gasteiger partial charge in [-0.15, -0.1) is 0 Å². The van der Waals surface area contributed by atoms with Crippen LogP contribution in [0.4, 0.5) is 0 Å². The Hall–Kier alpha value is -7.68. The molecule has 0 aliphatic carbocycles. The summed E-state index contributed by atoms with van der Waals surface area (Å²) in [5.41, 5.74) is 10.6. The molecule has 0 atom stereocenters. The van der Waals surface area contributed by atoms with Crippen LogP contribution in [0.15, 0.2) is 203 Å². The number of para-hydroxylation sites is 1. The molecule has 2 heteroatoms. The van der Waals surface area contributed by atoms with E-state index in [0.717, 1.165) is 60.4 Å². The van der Waals surface area contributed by atoms with Crippen LogP contribution in [0.5, 0.6) is 0 Å². The monoisotopic (exact) mass is 736 g/mol. The zero-order valence-corrected chi connectivity index (χ0v) is 31.3. The maximum atomic E-state index is 6.87. The van der Waals surface area contributed by atoms with Crippen molar-refractivity contribution in [1.29, 1.82) is 0 Å². The van der Waals surface area contributed by atoms with E-state index in [0.29, 0.717) is 0 Å². The largest absolute Gasteiger partial charge is 0.456 e. The molecule has 0 amide bonds. The number of hydrogen-bond acceptors (Lipinski definition) is 2. The lowest BCUT2D eigenvalue weighted by molar-refractivity contribution is 0.665. The van der Waals surface area contributed by atoms with Crippen LogP contribution in [-0.2, 0) is 0 Å². The van der Waals surface area contributed by atoms with E-state index in [1.807, 2.05) is 6.07 Å². The third-order valence-corrected chi connectivity index (χ3v) is 12.4. The molecule has 2 heterocycles. The Morgan fingerprint density at radius 1 is 0.259 bits per heavy atom. The predicted molar refractivity (Wildman–Crippen MR) is 245 cm³/mol. The zero-order chi connectivity index (χ0) is 37.9. The summed E-state index contributed by atoms with van der Waals surface area (Å²) in [4.78, 5) is 0. The molecule has 11 aromatic carbocycles. The highest BCUT2D eigenvalue weighted by atomic mass is 16.3. The minimum Gasteiger partial charge on any atom is -0.456 e. The van der Waals surface area contributed by atoms with E-state index in [2.05, 4.69) is 188 Å². The molecule has 2 nitrogen and oxygen atoms in total. The lowest BCUT2D eigenvalue weighted by Crippen LogP contribution is -1.91. The fourth-order valence-electron chi connectivity index (χ4n) is 9.80. The van der Waals surface area contributed by atoms with Gasteiger partial charge in [0, 0.05) is 27.1 Å². The van der Waals surface area contributed by atoms with Crippen LogP contribution in [0.3, 0.4) is 0 Å². The van der Waals surface area contributed by atoms with Crippen LogP contribution < -0.4 is 0 Å². The Balaban J connectivity index is 1.04. The van der Waals surface area contributed by atoms with Crippen molar-refractivity contribution in [3.8, 4) is 33.4 Å². The summed E-state index contributed by atoms with van der Waals surface area (Å²) in [6.07, 6.45) is 0. The van der Waals surface area contributed by atoms with Crippen molar-refractivity contribution in [3.63, 3.8) is 0 Å². The van der Waals surface area contributed by atoms with Crippen molar-refractivity contribution >= 4 is 97.7 Å². The van der Waals surface area contributed by atoms with E-state index in [9.17, 15) is 0 Å². The minimum absolute atomic E-state index is 0.862. The summed E-state index contributed by atoms with van der Waals surface area (Å²) in [6, 6.07) is 70.4. The van der Waals surface area contributed by atoms with Gasteiger partial charge in [-0.05, 0) is 118 Å². The van der Waals surface area contributed by atoms with Crippen molar-refractivity contribution in [2.24, 2.45) is 0 Å². The topological polar surface area (TPSA) is 26.3 Å². The fourth-order valence-corrected chi connectivity index (χ4v) is 9.80. The second kappa shape index (κ2) is 11.9. The van der Waals surface area contributed by atoms with Crippen molar-refractivity contribution in [3.05, 3.63) is 194 Å². The molecule has 0 aliphatic rings. The summed E-state index contributed by atoms with van der Waals surface area (Å²) in [5.74, 6) is 0. The van der Waals surface area contributed by atoms with Crippen LogP contribution in [0, 0.1) is 0 Å². The number of hydrogen-bond donors (Lipinski definition) is 0. The first kappa shape index (κ1) is 31.5. The normalized spacial score (nSPS) is 12.1. The molecular formula is C56H32O2.